The van der Waals surface area contributed by atoms with E-state index >= 15 is 0 Å². The number of hydrogen-bond donors (Lipinski definition) is 2. The van der Waals surface area contributed by atoms with Crippen LogP contribution in [-0.4, -0.2) is 17.7 Å². The second kappa shape index (κ2) is 8.11. The van der Waals surface area contributed by atoms with E-state index in [-0.39, 0.29) is 6.61 Å². The normalized spacial score (nSPS) is 11.9. The molecule has 5 nitrogen and oxygen atoms in total. The average Bonchev–Trinajstić information content (AvgIpc) is 3.05. The summed E-state index contributed by atoms with van der Waals surface area (Å²) in [5.41, 5.74) is 0.945. The third kappa shape index (κ3) is 5.31. The van der Waals surface area contributed by atoms with Crippen molar-refractivity contribution in [3.63, 3.8) is 0 Å². The van der Waals surface area contributed by atoms with Crippen LogP contribution in [0.4, 0.5) is 4.79 Å². The number of nitrogens with one attached hydrogen (secondary N) is 1. The lowest BCUT2D eigenvalue weighted by Gasteiger charge is -2.09. The number of ether oxygens (including phenoxy) is 1. The SMILES string of the molecule is O=C(NCCC[C@@H](O)c1ccco1)OCc1ccccc1. The molecule has 5 heteroatoms. The largest absolute Gasteiger partial charge is 0.467 e. The number of carbonyl (C=O) groups is 1. The lowest BCUT2D eigenvalue weighted by atomic mass is 10.1. The molecule has 1 heterocycles. The summed E-state index contributed by atoms with van der Waals surface area (Å²) in [6.07, 6.45) is 1.60. The summed E-state index contributed by atoms with van der Waals surface area (Å²) < 4.78 is 10.2. The summed E-state index contributed by atoms with van der Waals surface area (Å²) in [5.74, 6) is 0.543. The van der Waals surface area contributed by atoms with Gasteiger partial charge in [-0.1, -0.05) is 30.3 Å². The Morgan fingerprint density at radius 3 is 2.76 bits per heavy atom. The topological polar surface area (TPSA) is 71.7 Å². The van der Waals surface area contributed by atoms with Crippen LogP contribution in [0.1, 0.15) is 30.3 Å². The van der Waals surface area contributed by atoms with Crippen molar-refractivity contribution in [2.75, 3.05) is 6.54 Å². The molecule has 0 radical (unpaired) electrons. The van der Waals surface area contributed by atoms with Gasteiger partial charge in [-0.3, -0.25) is 0 Å². The Kier molecular flexibility index (Phi) is 5.84. The van der Waals surface area contributed by atoms with Gasteiger partial charge in [0.15, 0.2) is 0 Å². The van der Waals surface area contributed by atoms with Crippen molar-refractivity contribution in [1.82, 2.24) is 5.32 Å². The Morgan fingerprint density at radius 2 is 2.05 bits per heavy atom. The van der Waals surface area contributed by atoms with Crippen LogP contribution in [-0.2, 0) is 11.3 Å². The highest BCUT2D eigenvalue weighted by Gasteiger charge is 2.10. The number of hydrogen-bond acceptors (Lipinski definition) is 4. The third-order valence-electron chi connectivity index (χ3n) is 3.01. The van der Waals surface area contributed by atoms with Crippen molar-refractivity contribution in [2.24, 2.45) is 0 Å². The Hall–Kier alpha value is -2.27. The van der Waals surface area contributed by atoms with Crippen molar-refractivity contribution in [1.29, 1.82) is 0 Å². The number of furan rings is 1. The molecule has 112 valence electrons. The quantitative estimate of drug-likeness (QED) is 0.769. The van der Waals surface area contributed by atoms with E-state index in [0.29, 0.717) is 25.1 Å². The van der Waals surface area contributed by atoms with E-state index in [2.05, 4.69) is 5.32 Å². The molecule has 0 aliphatic rings. The van der Waals surface area contributed by atoms with Gasteiger partial charge in [-0.25, -0.2) is 4.79 Å². The van der Waals surface area contributed by atoms with E-state index in [1.54, 1.807) is 12.1 Å². The number of aliphatic hydroxyl groups is 1. The Balaban J connectivity index is 1.57. The Bertz CT molecular complexity index is 524. The van der Waals surface area contributed by atoms with E-state index in [4.69, 9.17) is 9.15 Å². The van der Waals surface area contributed by atoms with Crippen LogP contribution in [0.15, 0.2) is 53.1 Å². The average molecular weight is 289 g/mol. The number of benzene rings is 1. The van der Waals surface area contributed by atoms with Gasteiger partial charge >= 0.3 is 6.09 Å². The maximum atomic E-state index is 11.5. The van der Waals surface area contributed by atoms with E-state index in [0.717, 1.165) is 5.56 Å². The molecule has 0 fully saturated rings. The van der Waals surface area contributed by atoms with Crippen molar-refractivity contribution < 1.29 is 19.1 Å². The van der Waals surface area contributed by atoms with E-state index in [9.17, 15) is 9.90 Å². The summed E-state index contributed by atoms with van der Waals surface area (Å²) in [7, 11) is 0. The van der Waals surface area contributed by atoms with Gasteiger partial charge in [0.05, 0.1) is 6.26 Å². The molecular weight excluding hydrogens is 270 g/mol. The van der Waals surface area contributed by atoms with Crippen LogP contribution in [0.3, 0.4) is 0 Å². The van der Waals surface area contributed by atoms with Gasteiger partial charge in [0.25, 0.3) is 0 Å². The molecule has 0 saturated heterocycles. The Labute approximate surface area is 123 Å². The van der Waals surface area contributed by atoms with Crippen LogP contribution in [0, 0.1) is 0 Å². The standard InChI is InChI=1S/C16H19NO4/c18-14(15-9-5-11-20-15)8-4-10-17-16(19)21-12-13-6-2-1-3-7-13/h1-3,5-7,9,11,14,18H,4,8,10,12H2,(H,17,19)/t14-/m1/s1. The summed E-state index contributed by atoms with van der Waals surface area (Å²) in [6.45, 7) is 0.701. The van der Waals surface area contributed by atoms with Crippen LogP contribution in [0.25, 0.3) is 0 Å². The van der Waals surface area contributed by atoms with E-state index in [1.807, 2.05) is 30.3 Å². The van der Waals surface area contributed by atoms with Gasteiger partial charge in [-0.15, -0.1) is 0 Å². The molecule has 1 aromatic heterocycles. The first-order valence-electron chi connectivity index (χ1n) is 6.92. The minimum atomic E-state index is -0.637. The summed E-state index contributed by atoms with van der Waals surface area (Å²) in [5, 5.41) is 12.4. The highest BCUT2D eigenvalue weighted by Crippen LogP contribution is 2.17. The fraction of sp³-hybridized carbons (Fsp3) is 0.312. The van der Waals surface area contributed by atoms with Crippen molar-refractivity contribution in [3.05, 3.63) is 60.1 Å². The van der Waals surface area contributed by atoms with Crippen LogP contribution < -0.4 is 5.32 Å². The molecule has 0 saturated carbocycles. The molecule has 0 aliphatic heterocycles. The van der Waals surface area contributed by atoms with Gasteiger partial charge < -0.3 is 19.6 Å². The van der Waals surface area contributed by atoms with Crippen molar-refractivity contribution >= 4 is 6.09 Å². The zero-order chi connectivity index (χ0) is 14.9. The number of alkyl carbamates (subject to hydrolysis) is 1. The molecule has 21 heavy (non-hydrogen) atoms. The molecule has 2 aromatic rings. The van der Waals surface area contributed by atoms with E-state index < -0.39 is 12.2 Å². The fourth-order valence-electron chi connectivity index (χ4n) is 1.88. The first-order valence-corrected chi connectivity index (χ1v) is 6.92. The summed E-state index contributed by atoms with van der Waals surface area (Å²) >= 11 is 0. The molecule has 2 rings (SSSR count). The first kappa shape index (κ1) is 15.1. The molecule has 1 atom stereocenters. The second-order valence-electron chi connectivity index (χ2n) is 4.66. The Morgan fingerprint density at radius 1 is 1.24 bits per heavy atom. The second-order valence-corrected chi connectivity index (χ2v) is 4.66. The molecular formula is C16H19NO4. The number of carbonyl (C=O) groups excluding carboxylic acids is 1. The molecule has 1 aromatic carbocycles. The molecule has 0 aliphatic carbocycles. The predicted molar refractivity (Wildman–Crippen MR) is 77.5 cm³/mol. The van der Waals surface area contributed by atoms with Crippen LogP contribution in [0.5, 0.6) is 0 Å². The fourth-order valence-corrected chi connectivity index (χ4v) is 1.88. The molecule has 0 spiro atoms. The van der Waals surface area contributed by atoms with E-state index in [1.165, 1.54) is 6.26 Å². The predicted octanol–water partition coefficient (Wildman–Crippen LogP) is 3.02. The molecule has 0 bridgehead atoms. The van der Waals surface area contributed by atoms with Crippen molar-refractivity contribution in [3.8, 4) is 0 Å². The molecule has 1 amide bonds. The molecule has 2 N–H and O–H groups in total. The maximum absolute atomic E-state index is 11.5. The van der Waals surface area contributed by atoms with Gasteiger partial charge in [-0.2, -0.15) is 0 Å². The zero-order valence-corrected chi connectivity index (χ0v) is 11.7. The molecule has 0 unspecified atom stereocenters. The number of amides is 1. The van der Waals surface area contributed by atoms with Crippen LogP contribution in [0.2, 0.25) is 0 Å². The smallest absolute Gasteiger partial charge is 0.407 e. The van der Waals surface area contributed by atoms with Crippen LogP contribution >= 0.6 is 0 Å². The van der Waals surface area contributed by atoms with Gasteiger partial charge in [0, 0.05) is 6.54 Å². The number of aliphatic hydroxyl groups excluding tert-OH is 1. The zero-order valence-electron chi connectivity index (χ0n) is 11.7. The highest BCUT2D eigenvalue weighted by molar-refractivity contribution is 5.67. The minimum absolute atomic E-state index is 0.252. The van der Waals surface area contributed by atoms with Crippen molar-refractivity contribution in [2.45, 2.75) is 25.6 Å². The van der Waals surface area contributed by atoms with Gasteiger partial charge in [-0.05, 0) is 30.5 Å². The van der Waals surface area contributed by atoms with Gasteiger partial charge in [0.2, 0.25) is 0 Å². The first-order chi connectivity index (χ1) is 10.3. The third-order valence-corrected chi connectivity index (χ3v) is 3.01. The highest BCUT2D eigenvalue weighted by atomic mass is 16.5. The summed E-state index contributed by atoms with van der Waals surface area (Å²) in [6, 6.07) is 13.0. The monoisotopic (exact) mass is 289 g/mol. The number of rotatable bonds is 7. The lowest BCUT2D eigenvalue weighted by molar-refractivity contribution is 0.130. The minimum Gasteiger partial charge on any atom is -0.467 e. The lowest BCUT2D eigenvalue weighted by Crippen LogP contribution is -2.25. The maximum Gasteiger partial charge on any atom is 0.407 e. The summed E-state index contributed by atoms with van der Waals surface area (Å²) in [4.78, 5) is 11.5. The van der Waals surface area contributed by atoms with Gasteiger partial charge in [0.1, 0.15) is 18.5 Å².